The van der Waals surface area contributed by atoms with Crippen LogP contribution in [0.4, 0.5) is 5.69 Å². The number of anilines is 1. The van der Waals surface area contributed by atoms with Crippen LogP contribution in [0, 0.1) is 17.8 Å². The van der Waals surface area contributed by atoms with Gasteiger partial charge in [-0.05, 0) is 95.5 Å². The minimum absolute atomic E-state index is 0.184. The van der Waals surface area contributed by atoms with Crippen LogP contribution in [0.25, 0.3) is 11.6 Å². The van der Waals surface area contributed by atoms with Gasteiger partial charge in [-0.2, -0.15) is 0 Å². The number of hydrogen-bond acceptors (Lipinski definition) is 7. The molecule has 3 N–H and O–H groups in total. The van der Waals surface area contributed by atoms with Gasteiger partial charge in [0.1, 0.15) is 18.1 Å². The summed E-state index contributed by atoms with van der Waals surface area (Å²) in [7, 11) is -1.73. The SMILES string of the molecule is O=C1[C@@H]2[C@@H](CC(COc3ccccc3)=C3[C@@H](CC/C(=C/c4cc(Br)ccc4O)c4ccccc4)OC[C@@H]32)C(=O)N1c1cccc(B(O)O)c1. The Labute approximate surface area is 293 Å². The number of phenols is 1. The van der Waals surface area contributed by atoms with Crippen molar-refractivity contribution >= 4 is 57.7 Å². The number of para-hydroxylation sites is 1. The summed E-state index contributed by atoms with van der Waals surface area (Å²) < 4.78 is 13.6. The van der Waals surface area contributed by atoms with Gasteiger partial charge in [-0.3, -0.25) is 14.5 Å². The highest BCUT2D eigenvalue weighted by atomic mass is 79.9. The normalized spacial score (nSPS) is 21.9. The molecule has 0 saturated carbocycles. The fourth-order valence-corrected chi connectivity index (χ4v) is 7.82. The van der Waals surface area contributed by atoms with Crippen molar-refractivity contribution in [1.29, 1.82) is 0 Å². The lowest BCUT2D eigenvalue weighted by atomic mass is 9.69. The Balaban J connectivity index is 1.21. The Morgan fingerprint density at radius 3 is 2.43 bits per heavy atom. The Morgan fingerprint density at radius 1 is 0.918 bits per heavy atom. The average molecular weight is 720 g/mol. The molecule has 3 aliphatic rings. The molecule has 2 fully saturated rings. The lowest BCUT2D eigenvalue weighted by Crippen LogP contribution is -2.36. The van der Waals surface area contributed by atoms with Crippen molar-refractivity contribution in [1.82, 2.24) is 0 Å². The summed E-state index contributed by atoms with van der Waals surface area (Å²) in [5.41, 5.74) is 5.27. The van der Waals surface area contributed by atoms with Crippen molar-refractivity contribution in [3.63, 3.8) is 0 Å². The number of fused-ring (bicyclic) bond motifs is 3. The van der Waals surface area contributed by atoms with E-state index in [9.17, 15) is 24.7 Å². The third kappa shape index (κ3) is 6.74. The minimum Gasteiger partial charge on any atom is -0.507 e. The molecule has 1 aliphatic carbocycles. The largest absolute Gasteiger partial charge is 0.507 e. The number of carbonyl (C=O) groups is 2. The molecule has 10 heteroatoms. The molecule has 49 heavy (non-hydrogen) atoms. The molecule has 4 atom stereocenters. The topological polar surface area (TPSA) is 117 Å². The summed E-state index contributed by atoms with van der Waals surface area (Å²) in [4.78, 5) is 29.3. The summed E-state index contributed by atoms with van der Waals surface area (Å²) in [6, 6.07) is 31.1. The summed E-state index contributed by atoms with van der Waals surface area (Å²) in [6.45, 7) is 0.564. The zero-order valence-corrected chi connectivity index (χ0v) is 28.2. The Hall–Kier alpha value is -4.48. The minimum atomic E-state index is -1.73. The first-order chi connectivity index (χ1) is 23.8. The molecule has 2 amide bonds. The second-order valence-corrected chi connectivity index (χ2v) is 13.6. The van der Waals surface area contributed by atoms with E-state index in [4.69, 9.17) is 9.47 Å². The van der Waals surface area contributed by atoms with Crippen LogP contribution in [-0.2, 0) is 14.3 Å². The van der Waals surface area contributed by atoms with Gasteiger partial charge in [-0.1, -0.05) is 76.6 Å². The number of carbonyl (C=O) groups excluding carboxylic acids is 2. The predicted molar refractivity (Wildman–Crippen MR) is 192 cm³/mol. The van der Waals surface area contributed by atoms with Crippen LogP contribution in [0.1, 0.15) is 30.4 Å². The summed E-state index contributed by atoms with van der Waals surface area (Å²) in [5, 5.41) is 30.1. The monoisotopic (exact) mass is 719 g/mol. The molecular formula is C39H35BBrNO7. The number of allylic oxidation sites excluding steroid dienone is 1. The summed E-state index contributed by atoms with van der Waals surface area (Å²) >= 11 is 3.52. The van der Waals surface area contributed by atoms with Gasteiger partial charge < -0.3 is 24.6 Å². The number of benzene rings is 4. The Kier molecular flexibility index (Phi) is 9.56. The van der Waals surface area contributed by atoms with Crippen molar-refractivity contribution < 1.29 is 34.2 Å². The van der Waals surface area contributed by atoms with Crippen LogP contribution in [0.5, 0.6) is 11.5 Å². The smallest absolute Gasteiger partial charge is 0.488 e. The maximum Gasteiger partial charge on any atom is 0.488 e. The van der Waals surface area contributed by atoms with E-state index < -0.39 is 19.0 Å². The van der Waals surface area contributed by atoms with Crippen LogP contribution >= 0.6 is 15.9 Å². The first-order valence-corrected chi connectivity index (χ1v) is 17.2. The molecule has 248 valence electrons. The van der Waals surface area contributed by atoms with Gasteiger partial charge in [0.15, 0.2) is 0 Å². The third-order valence-electron chi connectivity index (χ3n) is 9.73. The van der Waals surface area contributed by atoms with E-state index in [0.717, 1.165) is 26.8 Å². The molecule has 2 heterocycles. The molecule has 2 aliphatic heterocycles. The molecule has 8 nitrogen and oxygen atoms in total. The molecule has 0 radical (unpaired) electrons. The quantitative estimate of drug-likeness (QED) is 0.0827. The maximum absolute atomic E-state index is 14.1. The molecule has 0 unspecified atom stereocenters. The lowest BCUT2D eigenvalue weighted by Gasteiger charge is -2.31. The van der Waals surface area contributed by atoms with Gasteiger partial charge in [-0.25, -0.2) is 0 Å². The van der Waals surface area contributed by atoms with Crippen LogP contribution < -0.4 is 15.1 Å². The van der Waals surface area contributed by atoms with E-state index in [1.807, 2.05) is 72.8 Å². The Morgan fingerprint density at radius 2 is 1.67 bits per heavy atom. The van der Waals surface area contributed by atoms with E-state index in [1.165, 1.54) is 17.0 Å². The van der Waals surface area contributed by atoms with Crippen LogP contribution in [0.15, 0.2) is 119 Å². The van der Waals surface area contributed by atoms with Crippen LogP contribution in [0.3, 0.4) is 0 Å². The molecular weight excluding hydrogens is 685 g/mol. The molecule has 2 saturated heterocycles. The number of halogens is 1. The van der Waals surface area contributed by atoms with Crippen molar-refractivity contribution in [2.45, 2.75) is 25.4 Å². The van der Waals surface area contributed by atoms with E-state index in [1.54, 1.807) is 24.3 Å². The van der Waals surface area contributed by atoms with E-state index in [0.29, 0.717) is 42.9 Å². The fourth-order valence-electron chi connectivity index (χ4n) is 7.44. The molecule has 4 aromatic carbocycles. The number of nitrogens with zero attached hydrogens (tertiary/aromatic N) is 1. The van der Waals surface area contributed by atoms with E-state index >= 15 is 0 Å². The van der Waals surface area contributed by atoms with Crippen molar-refractivity contribution in [2.75, 3.05) is 18.1 Å². The first kappa shape index (κ1) is 33.0. The number of phenolic OH excluding ortho intramolecular Hbond substituents is 1. The van der Waals surface area contributed by atoms with Gasteiger partial charge in [0.05, 0.1) is 30.2 Å². The predicted octanol–water partition coefficient (Wildman–Crippen LogP) is 5.76. The maximum atomic E-state index is 14.1. The molecule has 0 spiro atoms. The number of imide groups is 1. The summed E-state index contributed by atoms with van der Waals surface area (Å²) in [5.74, 6) is -1.19. The Bertz CT molecular complexity index is 1930. The van der Waals surface area contributed by atoms with E-state index in [2.05, 4.69) is 15.9 Å². The second kappa shape index (κ2) is 14.2. The second-order valence-electron chi connectivity index (χ2n) is 12.7. The molecule has 4 aromatic rings. The highest BCUT2D eigenvalue weighted by molar-refractivity contribution is 9.10. The third-order valence-corrected chi connectivity index (χ3v) is 10.2. The highest BCUT2D eigenvalue weighted by Crippen LogP contribution is 2.51. The lowest BCUT2D eigenvalue weighted by molar-refractivity contribution is -0.122. The zero-order chi connectivity index (χ0) is 34.1. The van der Waals surface area contributed by atoms with E-state index in [-0.39, 0.29) is 41.7 Å². The fraction of sp³-hybridized carbons (Fsp3) is 0.231. The highest BCUT2D eigenvalue weighted by Gasteiger charge is 2.57. The van der Waals surface area contributed by atoms with Crippen molar-refractivity contribution in [2.24, 2.45) is 17.8 Å². The van der Waals surface area contributed by atoms with Crippen molar-refractivity contribution in [3.05, 3.63) is 130 Å². The van der Waals surface area contributed by atoms with Gasteiger partial charge in [0.2, 0.25) is 11.8 Å². The molecule has 7 rings (SSSR count). The summed E-state index contributed by atoms with van der Waals surface area (Å²) in [6.07, 6.45) is 3.32. The van der Waals surface area contributed by atoms with Gasteiger partial charge in [-0.15, -0.1) is 0 Å². The van der Waals surface area contributed by atoms with Crippen molar-refractivity contribution in [3.8, 4) is 11.5 Å². The number of aromatic hydroxyl groups is 1. The first-order valence-electron chi connectivity index (χ1n) is 16.4. The van der Waals surface area contributed by atoms with Gasteiger partial charge in [0.25, 0.3) is 0 Å². The zero-order valence-electron chi connectivity index (χ0n) is 26.6. The molecule has 0 bridgehead atoms. The van der Waals surface area contributed by atoms with Crippen LogP contribution in [0.2, 0.25) is 0 Å². The average Bonchev–Trinajstić information content (AvgIpc) is 3.65. The van der Waals surface area contributed by atoms with Gasteiger partial charge >= 0.3 is 7.12 Å². The van der Waals surface area contributed by atoms with Gasteiger partial charge in [0, 0.05) is 16.0 Å². The number of hydrogen-bond donors (Lipinski definition) is 3. The number of ether oxygens (including phenoxy) is 2. The number of rotatable bonds is 10. The number of amides is 2. The molecule has 0 aromatic heterocycles. The standard InChI is InChI=1S/C39H35BBrNO7/c41-29-15-16-34(43)26(19-29)18-25(24-8-3-1-4-9-24)14-17-35-36-27(22-48-31-12-5-2-6-13-31)20-32-37(33(36)23-49-35)39(45)42(38(32)44)30-11-7-10-28(21-30)40(46)47/h1-13,15-16,18-19,21,32-33,35,37,43,46-47H,14,17,20,22-23H2/b25-18-/t32-,33+,35-,37-/m1/s1. The van der Waals surface area contributed by atoms with Crippen LogP contribution in [-0.4, -0.2) is 53.4 Å².